The highest BCUT2D eigenvalue weighted by atomic mass is 35.5. The number of aliphatic hydroxyl groups is 1. The molecule has 0 aliphatic heterocycles. The number of halogens is 1. The minimum Gasteiger partial charge on any atom is -0.465 e. The highest BCUT2D eigenvalue weighted by Gasteiger charge is 2.15. The molecule has 1 aromatic heterocycles. The number of nitrogens with zero attached hydrogens (tertiary/aromatic N) is 1. The number of carbonyl (C=O) groups excluding carboxylic acids is 2. The molecule has 120 valence electrons. The summed E-state index contributed by atoms with van der Waals surface area (Å²) in [6, 6.07) is 0. The lowest BCUT2D eigenvalue weighted by Gasteiger charge is -1.99. The van der Waals surface area contributed by atoms with Crippen LogP contribution in [0.5, 0.6) is 0 Å². The molecule has 0 radical (unpaired) electrons. The first kappa shape index (κ1) is 20.1. The fourth-order valence-electron chi connectivity index (χ4n) is 1.13. The zero-order valence-electron chi connectivity index (χ0n) is 12.2. The summed E-state index contributed by atoms with van der Waals surface area (Å²) in [7, 11) is 0. The third kappa shape index (κ3) is 7.22. The first-order valence-electron chi connectivity index (χ1n) is 6.17. The minimum absolute atomic E-state index is 0.0985. The average molecular weight is 346 g/mol. The van der Waals surface area contributed by atoms with Gasteiger partial charge in [-0.15, -0.1) is 11.3 Å². The number of rotatable bonds is 6. The van der Waals surface area contributed by atoms with Crippen molar-refractivity contribution in [3.63, 3.8) is 0 Å². The first-order valence-corrected chi connectivity index (χ1v) is 7.43. The van der Waals surface area contributed by atoms with Gasteiger partial charge in [-0.25, -0.2) is 9.64 Å². The van der Waals surface area contributed by atoms with E-state index in [0.717, 1.165) is 0 Å². The molecule has 1 heterocycles. The molecule has 0 amide bonds. The van der Waals surface area contributed by atoms with Crippen LogP contribution in [0, 0.1) is 6.57 Å². The summed E-state index contributed by atoms with van der Waals surface area (Å²) < 4.78 is 8.91. The van der Waals surface area contributed by atoms with Crippen molar-refractivity contribution < 1.29 is 24.2 Å². The van der Waals surface area contributed by atoms with Crippen LogP contribution >= 0.6 is 22.9 Å². The largest absolute Gasteiger partial charge is 0.465 e. The van der Waals surface area contributed by atoms with E-state index < -0.39 is 5.97 Å². The Kier molecular flexibility index (Phi) is 10.7. The molecule has 0 bridgehead atoms. The third-order valence-electron chi connectivity index (χ3n) is 2.05. The Morgan fingerprint density at radius 3 is 2.73 bits per heavy atom. The van der Waals surface area contributed by atoms with E-state index >= 15 is 0 Å². The van der Waals surface area contributed by atoms with E-state index in [4.69, 9.17) is 28.0 Å². The quantitative estimate of drug-likeness (QED) is 0.371. The Balaban J connectivity index is 0.000000626. The van der Waals surface area contributed by atoms with Crippen molar-refractivity contribution in [3.8, 4) is 0 Å². The number of allylic oxidation sites excluding steroid dienone is 1. The van der Waals surface area contributed by atoms with Crippen LogP contribution in [-0.2, 0) is 14.3 Å². The number of hydrogen-bond donors (Lipinski definition) is 1. The van der Waals surface area contributed by atoms with Crippen LogP contribution in [0.4, 0.5) is 0 Å². The van der Waals surface area contributed by atoms with Gasteiger partial charge in [-0.2, -0.15) is 0 Å². The maximum atomic E-state index is 11.5. The Labute approximate surface area is 137 Å². The third-order valence-corrected chi connectivity index (χ3v) is 3.49. The molecule has 6 nitrogen and oxygen atoms in total. The Morgan fingerprint density at radius 2 is 2.27 bits per heavy atom. The second-order valence-electron chi connectivity index (χ2n) is 3.64. The summed E-state index contributed by atoms with van der Waals surface area (Å²) in [5.74, 6) is -0.427. The molecule has 8 heteroatoms. The molecule has 0 saturated heterocycles. The van der Waals surface area contributed by atoms with Gasteiger partial charge in [0, 0.05) is 10.3 Å². The molecule has 0 saturated carbocycles. The number of esters is 1. The molecule has 1 rings (SSSR count). The number of ether oxygens (including phenoxy) is 2. The molecule has 0 aliphatic rings. The molecule has 0 atom stereocenters. The number of carbonyl (C=O) groups is 2. The van der Waals surface area contributed by atoms with Gasteiger partial charge < -0.3 is 14.6 Å². The van der Waals surface area contributed by atoms with E-state index in [1.54, 1.807) is 25.3 Å². The molecule has 0 spiro atoms. The SMILES string of the molecule is O=COCCO.[C-]#[N+]/C(C)=C\c1scc(C(=O)OCC)c1Cl. The van der Waals surface area contributed by atoms with Crippen molar-refractivity contribution in [2.24, 2.45) is 0 Å². The number of hydrogen-bond acceptors (Lipinski definition) is 6. The van der Waals surface area contributed by atoms with E-state index in [2.05, 4.69) is 9.58 Å². The molecular formula is C14H16ClNO5S. The molecule has 22 heavy (non-hydrogen) atoms. The smallest absolute Gasteiger partial charge is 0.340 e. The predicted molar refractivity (Wildman–Crippen MR) is 84.6 cm³/mol. The topological polar surface area (TPSA) is 77.2 Å². The lowest BCUT2D eigenvalue weighted by Crippen LogP contribution is -2.03. The van der Waals surface area contributed by atoms with Crippen molar-refractivity contribution in [2.45, 2.75) is 13.8 Å². The van der Waals surface area contributed by atoms with Crippen LogP contribution in [0.2, 0.25) is 5.02 Å². The van der Waals surface area contributed by atoms with Crippen LogP contribution in [0.3, 0.4) is 0 Å². The molecular weight excluding hydrogens is 330 g/mol. The van der Waals surface area contributed by atoms with Crippen LogP contribution in [0.15, 0.2) is 11.1 Å². The van der Waals surface area contributed by atoms with E-state index in [1.807, 2.05) is 0 Å². The van der Waals surface area contributed by atoms with Crippen LogP contribution in [0.25, 0.3) is 10.9 Å². The molecule has 0 aromatic carbocycles. The maximum Gasteiger partial charge on any atom is 0.340 e. The zero-order chi connectivity index (χ0) is 17.0. The predicted octanol–water partition coefficient (Wildman–Crippen LogP) is 3.01. The average Bonchev–Trinajstić information content (AvgIpc) is 2.87. The van der Waals surface area contributed by atoms with Gasteiger partial charge in [-0.05, 0) is 19.9 Å². The van der Waals surface area contributed by atoms with E-state index in [0.29, 0.717) is 34.2 Å². The van der Waals surface area contributed by atoms with Crippen molar-refractivity contribution in [1.29, 1.82) is 0 Å². The lowest BCUT2D eigenvalue weighted by atomic mass is 10.3. The Hall–Kier alpha value is -1.88. The van der Waals surface area contributed by atoms with E-state index in [-0.39, 0.29) is 13.2 Å². The summed E-state index contributed by atoms with van der Waals surface area (Å²) in [6.45, 7) is 10.9. The van der Waals surface area contributed by atoms with Gasteiger partial charge in [0.05, 0.1) is 30.4 Å². The van der Waals surface area contributed by atoms with Gasteiger partial charge in [0.15, 0.2) is 5.70 Å². The van der Waals surface area contributed by atoms with Gasteiger partial charge in [0.1, 0.15) is 6.61 Å². The molecule has 1 N–H and O–H groups in total. The summed E-state index contributed by atoms with van der Waals surface area (Å²) in [5.41, 5.74) is 0.886. The summed E-state index contributed by atoms with van der Waals surface area (Å²) in [4.78, 5) is 24.6. The van der Waals surface area contributed by atoms with Crippen molar-refractivity contribution in [3.05, 3.63) is 38.0 Å². The fraction of sp³-hybridized carbons (Fsp3) is 0.357. The van der Waals surface area contributed by atoms with Gasteiger partial charge in [0.25, 0.3) is 6.47 Å². The molecule has 0 fully saturated rings. The fourth-order valence-corrected chi connectivity index (χ4v) is 2.42. The Morgan fingerprint density at radius 1 is 1.59 bits per heavy atom. The highest BCUT2D eigenvalue weighted by Crippen LogP contribution is 2.30. The molecule has 0 unspecified atom stereocenters. The monoisotopic (exact) mass is 345 g/mol. The number of aliphatic hydroxyl groups excluding tert-OH is 1. The van der Waals surface area contributed by atoms with Crippen LogP contribution in [-0.4, -0.2) is 37.4 Å². The van der Waals surface area contributed by atoms with Gasteiger partial charge in [-0.3, -0.25) is 4.79 Å². The Bertz CT molecular complexity index is 562. The normalized spacial score (nSPS) is 10.0. The standard InChI is InChI=1S/C11H10ClNO2S.C3H6O3/c1-4-15-11(14)8-6-16-9(10(8)12)5-7(2)13-3;4-1-2-6-3-5/h5-6H,4H2,1-2H3;3-4H,1-2H2/b7-5-;. The van der Waals surface area contributed by atoms with Crippen LogP contribution < -0.4 is 0 Å². The van der Waals surface area contributed by atoms with Crippen LogP contribution in [0.1, 0.15) is 29.1 Å². The van der Waals surface area contributed by atoms with Crippen molar-refractivity contribution in [1.82, 2.24) is 0 Å². The van der Waals surface area contributed by atoms with E-state index in [9.17, 15) is 9.59 Å². The van der Waals surface area contributed by atoms with Gasteiger partial charge in [0.2, 0.25) is 0 Å². The summed E-state index contributed by atoms with van der Waals surface area (Å²) in [6.07, 6.45) is 1.66. The molecule has 1 aromatic rings. The minimum atomic E-state index is -0.427. The van der Waals surface area contributed by atoms with Gasteiger partial charge >= 0.3 is 5.97 Å². The number of thiophene rings is 1. The summed E-state index contributed by atoms with van der Waals surface area (Å²) in [5, 5.41) is 9.91. The second-order valence-corrected chi connectivity index (χ2v) is 4.93. The maximum absolute atomic E-state index is 11.5. The summed E-state index contributed by atoms with van der Waals surface area (Å²) >= 11 is 7.34. The zero-order valence-corrected chi connectivity index (χ0v) is 13.7. The molecule has 0 aliphatic carbocycles. The first-order chi connectivity index (χ1) is 10.5. The highest BCUT2D eigenvalue weighted by molar-refractivity contribution is 7.12. The van der Waals surface area contributed by atoms with Crippen molar-refractivity contribution >= 4 is 41.5 Å². The second kappa shape index (κ2) is 11.7. The van der Waals surface area contributed by atoms with Gasteiger partial charge in [-0.1, -0.05) is 11.6 Å². The van der Waals surface area contributed by atoms with Crippen molar-refractivity contribution in [2.75, 3.05) is 19.8 Å². The lowest BCUT2D eigenvalue weighted by molar-refractivity contribution is -0.129. The van der Waals surface area contributed by atoms with E-state index in [1.165, 1.54) is 11.3 Å².